The van der Waals surface area contributed by atoms with E-state index in [-0.39, 0.29) is 5.69 Å². The molecule has 106 valence electrons. The maximum atomic E-state index is 11.4. The van der Waals surface area contributed by atoms with Crippen LogP contribution in [0.5, 0.6) is 0 Å². The second-order valence-electron chi connectivity index (χ2n) is 4.50. The summed E-state index contributed by atoms with van der Waals surface area (Å²) in [4.78, 5) is 12.2. The summed E-state index contributed by atoms with van der Waals surface area (Å²) in [5.74, 6) is -1.07. The van der Waals surface area contributed by atoms with Gasteiger partial charge in [-0.05, 0) is 35.6 Å². The van der Waals surface area contributed by atoms with Crippen molar-refractivity contribution in [1.82, 2.24) is 15.0 Å². The molecule has 3 rings (SSSR count). The number of thiophene rings is 1. The van der Waals surface area contributed by atoms with Gasteiger partial charge < -0.3 is 5.11 Å². The molecule has 0 aliphatic rings. The number of hydrogen-bond acceptors (Lipinski definition) is 4. The van der Waals surface area contributed by atoms with Crippen LogP contribution >= 0.6 is 11.3 Å². The van der Waals surface area contributed by atoms with Crippen molar-refractivity contribution in [3.05, 3.63) is 53.0 Å². The summed E-state index contributed by atoms with van der Waals surface area (Å²) in [6, 6.07) is 11.6. The van der Waals surface area contributed by atoms with Crippen LogP contribution in [0.4, 0.5) is 0 Å². The smallest absolute Gasteiger partial charge is 0.358 e. The predicted octanol–water partition coefficient (Wildman–Crippen LogP) is 3.26. The number of benzene rings is 1. The minimum absolute atomic E-state index is 0.0305. The first-order chi connectivity index (χ1) is 10.2. The molecule has 5 nitrogen and oxygen atoms in total. The molecule has 0 saturated carbocycles. The van der Waals surface area contributed by atoms with Gasteiger partial charge in [-0.3, -0.25) is 0 Å². The number of aryl methyl sites for hydroxylation is 1. The van der Waals surface area contributed by atoms with Gasteiger partial charge in [0.1, 0.15) is 5.69 Å². The van der Waals surface area contributed by atoms with Gasteiger partial charge >= 0.3 is 5.97 Å². The van der Waals surface area contributed by atoms with Gasteiger partial charge in [-0.1, -0.05) is 30.3 Å². The SMILES string of the molecule is CCc1ccc(-n2nnc(C(=O)O)c2-c2cccs2)cc1. The van der Waals surface area contributed by atoms with E-state index in [9.17, 15) is 9.90 Å². The zero-order valence-corrected chi connectivity index (χ0v) is 12.2. The highest BCUT2D eigenvalue weighted by Gasteiger charge is 2.22. The van der Waals surface area contributed by atoms with Gasteiger partial charge in [0.05, 0.1) is 10.6 Å². The molecule has 0 spiro atoms. The second kappa shape index (κ2) is 5.49. The molecule has 2 heterocycles. The molecule has 0 radical (unpaired) electrons. The first-order valence-corrected chi connectivity index (χ1v) is 7.41. The number of nitrogens with zero attached hydrogens (tertiary/aromatic N) is 3. The van der Waals surface area contributed by atoms with E-state index in [0.717, 1.165) is 17.0 Å². The molecule has 0 bridgehead atoms. The van der Waals surface area contributed by atoms with Crippen LogP contribution in [0.1, 0.15) is 23.0 Å². The summed E-state index contributed by atoms with van der Waals surface area (Å²) in [5.41, 5.74) is 2.50. The van der Waals surface area contributed by atoms with Crippen molar-refractivity contribution in [2.75, 3.05) is 0 Å². The normalized spacial score (nSPS) is 10.7. The molecular formula is C15H13N3O2S. The van der Waals surface area contributed by atoms with E-state index >= 15 is 0 Å². The van der Waals surface area contributed by atoms with E-state index in [1.54, 1.807) is 4.68 Å². The molecule has 1 aromatic carbocycles. The van der Waals surface area contributed by atoms with Crippen LogP contribution in [0.15, 0.2) is 41.8 Å². The zero-order chi connectivity index (χ0) is 14.8. The molecule has 2 aromatic heterocycles. The van der Waals surface area contributed by atoms with Crippen molar-refractivity contribution in [3.63, 3.8) is 0 Å². The topological polar surface area (TPSA) is 68.0 Å². The highest BCUT2D eigenvalue weighted by atomic mass is 32.1. The number of carboxylic acid groups (broad SMARTS) is 1. The molecule has 0 saturated heterocycles. The first-order valence-electron chi connectivity index (χ1n) is 6.53. The van der Waals surface area contributed by atoms with E-state index in [1.807, 2.05) is 41.8 Å². The minimum atomic E-state index is -1.07. The van der Waals surface area contributed by atoms with Gasteiger partial charge in [-0.2, -0.15) is 0 Å². The summed E-state index contributed by atoms with van der Waals surface area (Å²) in [6.07, 6.45) is 0.954. The monoisotopic (exact) mass is 299 g/mol. The maximum Gasteiger partial charge on any atom is 0.358 e. The third-order valence-corrected chi connectivity index (χ3v) is 4.09. The van der Waals surface area contributed by atoms with E-state index in [1.165, 1.54) is 16.9 Å². The van der Waals surface area contributed by atoms with Crippen LogP contribution < -0.4 is 0 Å². The molecule has 0 aliphatic heterocycles. The summed E-state index contributed by atoms with van der Waals surface area (Å²) < 4.78 is 1.58. The molecule has 0 fully saturated rings. The Kier molecular flexibility index (Phi) is 3.53. The van der Waals surface area contributed by atoms with Crippen LogP contribution in [-0.2, 0) is 6.42 Å². The van der Waals surface area contributed by atoms with Crippen LogP contribution in [-0.4, -0.2) is 26.1 Å². The quantitative estimate of drug-likeness (QED) is 0.803. The van der Waals surface area contributed by atoms with Crippen molar-refractivity contribution in [1.29, 1.82) is 0 Å². The number of rotatable bonds is 4. The Hall–Kier alpha value is -2.47. The number of carbonyl (C=O) groups is 1. The largest absolute Gasteiger partial charge is 0.476 e. The average Bonchev–Trinajstić information content (AvgIpc) is 3.16. The third kappa shape index (κ3) is 2.45. The van der Waals surface area contributed by atoms with Gasteiger partial charge in [-0.25, -0.2) is 9.48 Å². The van der Waals surface area contributed by atoms with Crippen LogP contribution in [0.2, 0.25) is 0 Å². The fraction of sp³-hybridized carbons (Fsp3) is 0.133. The van der Waals surface area contributed by atoms with Gasteiger partial charge in [0.15, 0.2) is 5.69 Å². The van der Waals surface area contributed by atoms with Crippen LogP contribution in [0, 0.1) is 0 Å². The van der Waals surface area contributed by atoms with E-state index in [0.29, 0.717) is 5.69 Å². The molecule has 0 amide bonds. The average molecular weight is 299 g/mol. The van der Waals surface area contributed by atoms with Crippen molar-refractivity contribution < 1.29 is 9.90 Å². The number of aromatic carboxylic acids is 1. The number of carboxylic acids is 1. The summed E-state index contributed by atoms with van der Waals surface area (Å²) in [6.45, 7) is 2.09. The number of aromatic nitrogens is 3. The summed E-state index contributed by atoms with van der Waals surface area (Å²) in [7, 11) is 0. The minimum Gasteiger partial charge on any atom is -0.476 e. The van der Waals surface area contributed by atoms with Crippen molar-refractivity contribution in [3.8, 4) is 16.3 Å². The molecule has 0 atom stereocenters. The molecule has 0 unspecified atom stereocenters. The van der Waals surface area contributed by atoms with E-state index in [2.05, 4.69) is 17.2 Å². The van der Waals surface area contributed by atoms with Gasteiger partial charge in [-0.15, -0.1) is 16.4 Å². The molecule has 6 heteroatoms. The highest BCUT2D eigenvalue weighted by molar-refractivity contribution is 7.13. The van der Waals surface area contributed by atoms with Crippen molar-refractivity contribution in [2.45, 2.75) is 13.3 Å². The van der Waals surface area contributed by atoms with Crippen LogP contribution in [0.3, 0.4) is 0 Å². The Balaban J connectivity index is 2.16. The molecule has 3 aromatic rings. The standard InChI is InChI=1S/C15H13N3O2S/c1-2-10-5-7-11(8-6-10)18-14(12-4-3-9-21-12)13(15(19)20)16-17-18/h3-9H,2H2,1H3,(H,19,20). The van der Waals surface area contributed by atoms with Crippen molar-refractivity contribution >= 4 is 17.3 Å². The Morgan fingerprint density at radius 1 is 1.29 bits per heavy atom. The van der Waals surface area contributed by atoms with Gasteiger partial charge in [0.25, 0.3) is 0 Å². The molecule has 1 N–H and O–H groups in total. The highest BCUT2D eigenvalue weighted by Crippen LogP contribution is 2.29. The van der Waals surface area contributed by atoms with Gasteiger partial charge in [0, 0.05) is 0 Å². The van der Waals surface area contributed by atoms with Crippen molar-refractivity contribution in [2.24, 2.45) is 0 Å². The maximum absolute atomic E-state index is 11.4. The van der Waals surface area contributed by atoms with E-state index in [4.69, 9.17) is 0 Å². The van der Waals surface area contributed by atoms with E-state index < -0.39 is 5.97 Å². The lowest BCUT2D eigenvalue weighted by Gasteiger charge is -2.06. The fourth-order valence-electron chi connectivity index (χ4n) is 2.11. The Bertz CT molecular complexity index is 761. The lowest BCUT2D eigenvalue weighted by atomic mass is 10.1. The molecular weight excluding hydrogens is 286 g/mol. The lowest BCUT2D eigenvalue weighted by Crippen LogP contribution is -2.02. The Morgan fingerprint density at radius 3 is 2.62 bits per heavy atom. The predicted molar refractivity (Wildman–Crippen MR) is 81.0 cm³/mol. The first kappa shape index (κ1) is 13.5. The third-order valence-electron chi connectivity index (χ3n) is 3.22. The van der Waals surface area contributed by atoms with Gasteiger partial charge in [0.2, 0.25) is 0 Å². The number of hydrogen-bond donors (Lipinski definition) is 1. The molecule has 0 aliphatic carbocycles. The second-order valence-corrected chi connectivity index (χ2v) is 5.45. The Morgan fingerprint density at radius 2 is 2.05 bits per heavy atom. The zero-order valence-electron chi connectivity index (χ0n) is 11.4. The fourth-order valence-corrected chi connectivity index (χ4v) is 2.87. The molecule has 21 heavy (non-hydrogen) atoms. The Labute approximate surface area is 125 Å². The summed E-state index contributed by atoms with van der Waals surface area (Å²) in [5, 5.41) is 19.0. The van der Waals surface area contributed by atoms with Crippen LogP contribution in [0.25, 0.3) is 16.3 Å². The lowest BCUT2D eigenvalue weighted by molar-refractivity contribution is 0.0691. The summed E-state index contributed by atoms with van der Waals surface area (Å²) >= 11 is 1.46.